The summed E-state index contributed by atoms with van der Waals surface area (Å²) < 4.78 is 0. The van der Waals surface area contributed by atoms with E-state index in [-0.39, 0.29) is 6.04 Å². The molecule has 0 aliphatic carbocycles. The molecule has 0 aromatic heterocycles. The summed E-state index contributed by atoms with van der Waals surface area (Å²) in [6.07, 6.45) is 4.65. The molecule has 0 unspecified atom stereocenters. The molecule has 1 amide bonds. The van der Waals surface area contributed by atoms with Crippen LogP contribution in [-0.2, 0) is 24.3 Å². The first kappa shape index (κ1) is 25.9. The van der Waals surface area contributed by atoms with Crippen molar-refractivity contribution >= 4 is 5.91 Å². The van der Waals surface area contributed by atoms with Gasteiger partial charge in [-0.3, -0.25) is 9.69 Å². The molecule has 1 atom stereocenters. The van der Waals surface area contributed by atoms with E-state index in [0.717, 1.165) is 51.9 Å². The van der Waals surface area contributed by atoms with Gasteiger partial charge in [0, 0.05) is 38.6 Å². The molecule has 4 aromatic rings. The van der Waals surface area contributed by atoms with Gasteiger partial charge in [0.05, 0.1) is 0 Å². The topological polar surface area (TPSA) is 23.6 Å². The lowest BCUT2D eigenvalue weighted by Gasteiger charge is -2.33. The molecular formula is C35H38N2O. The van der Waals surface area contributed by atoms with Crippen molar-refractivity contribution in [2.24, 2.45) is 0 Å². The fourth-order valence-corrected chi connectivity index (χ4v) is 5.51. The molecule has 4 aromatic carbocycles. The Labute approximate surface area is 227 Å². The van der Waals surface area contributed by atoms with Gasteiger partial charge < -0.3 is 4.90 Å². The van der Waals surface area contributed by atoms with Crippen molar-refractivity contribution in [2.45, 2.75) is 51.2 Å². The van der Waals surface area contributed by atoms with Gasteiger partial charge in [0.15, 0.2) is 0 Å². The van der Waals surface area contributed by atoms with E-state index in [1.165, 1.54) is 27.8 Å². The van der Waals surface area contributed by atoms with E-state index >= 15 is 0 Å². The first-order valence-electron chi connectivity index (χ1n) is 14.0. The number of benzene rings is 4. The van der Waals surface area contributed by atoms with Crippen molar-refractivity contribution in [3.63, 3.8) is 0 Å². The van der Waals surface area contributed by atoms with Crippen LogP contribution in [0.1, 0.15) is 42.4 Å². The Hall–Kier alpha value is -3.69. The summed E-state index contributed by atoms with van der Waals surface area (Å²) in [5, 5.41) is 0. The highest BCUT2D eigenvalue weighted by Gasteiger charge is 2.24. The normalized spacial score (nSPS) is 14.1. The van der Waals surface area contributed by atoms with Crippen LogP contribution < -0.4 is 0 Å². The predicted molar refractivity (Wildman–Crippen MR) is 157 cm³/mol. The Bertz CT molecular complexity index is 1210. The molecule has 3 heteroatoms. The van der Waals surface area contributed by atoms with Crippen molar-refractivity contribution < 1.29 is 4.79 Å². The van der Waals surface area contributed by atoms with Crippen LogP contribution in [0.25, 0.3) is 11.1 Å². The van der Waals surface area contributed by atoms with Crippen molar-refractivity contribution in [2.75, 3.05) is 13.1 Å². The summed E-state index contributed by atoms with van der Waals surface area (Å²) >= 11 is 0. The van der Waals surface area contributed by atoms with E-state index in [1.807, 2.05) is 0 Å². The number of amides is 1. The van der Waals surface area contributed by atoms with Gasteiger partial charge in [-0.1, -0.05) is 115 Å². The summed E-state index contributed by atoms with van der Waals surface area (Å²) in [6, 6.07) is 41.2. The lowest BCUT2D eigenvalue weighted by molar-refractivity contribution is -0.130. The molecule has 38 heavy (non-hydrogen) atoms. The van der Waals surface area contributed by atoms with Gasteiger partial charge in [0.25, 0.3) is 0 Å². The molecular weight excluding hydrogens is 464 g/mol. The van der Waals surface area contributed by atoms with E-state index in [4.69, 9.17) is 0 Å². The highest BCUT2D eigenvalue weighted by Crippen LogP contribution is 2.24. The maximum atomic E-state index is 13.1. The minimum atomic E-state index is 0.254. The van der Waals surface area contributed by atoms with Crippen molar-refractivity contribution in [3.05, 3.63) is 132 Å². The van der Waals surface area contributed by atoms with Crippen LogP contribution in [0.2, 0.25) is 0 Å². The fourth-order valence-electron chi connectivity index (χ4n) is 5.51. The van der Waals surface area contributed by atoms with Gasteiger partial charge in [-0.25, -0.2) is 0 Å². The minimum absolute atomic E-state index is 0.254. The third-order valence-corrected chi connectivity index (χ3v) is 7.66. The maximum Gasteiger partial charge on any atom is 0.222 e. The third-order valence-electron chi connectivity index (χ3n) is 7.66. The summed E-state index contributed by atoms with van der Waals surface area (Å²) in [5.74, 6) is 0.311. The Morgan fingerprint density at radius 2 is 1.13 bits per heavy atom. The van der Waals surface area contributed by atoms with Crippen molar-refractivity contribution in [1.82, 2.24) is 9.80 Å². The molecule has 0 spiro atoms. The van der Waals surface area contributed by atoms with Crippen LogP contribution in [0.15, 0.2) is 115 Å². The van der Waals surface area contributed by atoms with Gasteiger partial charge in [-0.15, -0.1) is 0 Å². The molecule has 0 saturated carbocycles. The standard InChI is InChI=1S/C35H38N2O/c38-35(36-24-10-11-25-36)23-22-34(26-29-18-20-33(21-19-29)32-16-8-3-9-17-32)37(27-30-12-4-1-5-13-30)28-31-14-6-2-7-15-31/h1-9,12-21,34H,10-11,22-28H2/t34-/m0/s1. The molecule has 5 rings (SSSR count). The number of carbonyl (C=O) groups is 1. The Kier molecular flexibility index (Phi) is 9.02. The summed E-state index contributed by atoms with van der Waals surface area (Å²) in [4.78, 5) is 17.7. The molecule has 1 aliphatic heterocycles. The summed E-state index contributed by atoms with van der Waals surface area (Å²) in [5.41, 5.74) is 6.40. The Balaban J connectivity index is 1.38. The van der Waals surface area contributed by atoms with Gasteiger partial charge in [0.1, 0.15) is 0 Å². The number of likely N-dealkylation sites (tertiary alicyclic amines) is 1. The fraction of sp³-hybridized carbons (Fsp3) is 0.286. The smallest absolute Gasteiger partial charge is 0.222 e. The van der Waals surface area contributed by atoms with Crippen molar-refractivity contribution in [1.29, 1.82) is 0 Å². The molecule has 0 bridgehead atoms. The van der Waals surface area contributed by atoms with Crippen LogP contribution in [0.3, 0.4) is 0 Å². The molecule has 1 aliphatic rings. The average molecular weight is 503 g/mol. The second-order valence-corrected chi connectivity index (χ2v) is 10.4. The quantitative estimate of drug-likeness (QED) is 0.214. The van der Waals surface area contributed by atoms with Crippen LogP contribution in [-0.4, -0.2) is 34.8 Å². The maximum absolute atomic E-state index is 13.1. The SMILES string of the molecule is O=C(CC[C@@H](Cc1ccc(-c2ccccc2)cc1)N(Cc1ccccc1)Cc1ccccc1)N1CCCC1. The summed E-state index contributed by atoms with van der Waals surface area (Å²) in [6.45, 7) is 3.56. The van der Waals surface area contributed by atoms with Gasteiger partial charge in [-0.2, -0.15) is 0 Å². The zero-order valence-corrected chi connectivity index (χ0v) is 22.2. The van der Waals surface area contributed by atoms with Crippen LogP contribution >= 0.6 is 0 Å². The largest absolute Gasteiger partial charge is 0.343 e. The Morgan fingerprint density at radius 3 is 1.68 bits per heavy atom. The second kappa shape index (κ2) is 13.2. The Morgan fingerprint density at radius 1 is 0.632 bits per heavy atom. The highest BCUT2D eigenvalue weighted by molar-refractivity contribution is 5.76. The molecule has 0 N–H and O–H groups in total. The van der Waals surface area contributed by atoms with Crippen LogP contribution in [0, 0.1) is 0 Å². The summed E-state index contributed by atoms with van der Waals surface area (Å²) in [7, 11) is 0. The van der Waals surface area contributed by atoms with E-state index in [9.17, 15) is 4.79 Å². The average Bonchev–Trinajstić information content (AvgIpc) is 3.52. The van der Waals surface area contributed by atoms with E-state index in [1.54, 1.807) is 0 Å². The van der Waals surface area contributed by atoms with E-state index < -0.39 is 0 Å². The van der Waals surface area contributed by atoms with E-state index in [2.05, 4.69) is 125 Å². The predicted octanol–water partition coefficient (Wildman–Crippen LogP) is 7.37. The molecule has 1 heterocycles. The number of rotatable bonds is 11. The number of hydrogen-bond donors (Lipinski definition) is 0. The minimum Gasteiger partial charge on any atom is -0.343 e. The number of nitrogens with zero attached hydrogens (tertiary/aromatic N) is 2. The highest BCUT2D eigenvalue weighted by atomic mass is 16.2. The number of hydrogen-bond acceptors (Lipinski definition) is 2. The van der Waals surface area contributed by atoms with Gasteiger partial charge >= 0.3 is 0 Å². The zero-order chi connectivity index (χ0) is 26.0. The molecule has 1 fully saturated rings. The van der Waals surface area contributed by atoms with Gasteiger partial charge in [-0.05, 0) is 53.5 Å². The third kappa shape index (κ3) is 7.20. The molecule has 1 saturated heterocycles. The first-order chi connectivity index (χ1) is 18.7. The number of carbonyl (C=O) groups excluding carboxylic acids is 1. The first-order valence-corrected chi connectivity index (χ1v) is 14.0. The van der Waals surface area contributed by atoms with Crippen LogP contribution in [0.5, 0.6) is 0 Å². The van der Waals surface area contributed by atoms with Crippen LogP contribution in [0.4, 0.5) is 0 Å². The van der Waals surface area contributed by atoms with Gasteiger partial charge in [0.2, 0.25) is 5.91 Å². The lowest BCUT2D eigenvalue weighted by Crippen LogP contribution is -2.37. The monoisotopic (exact) mass is 502 g/mol. The molecule has 194 valence electrons. The lowest BCUT2D eigenvalue weighted by atomic mass is 9.96. The molecule has 0 radical (unpaired) electrons. The van der Waals surface area contributed by atoms with Crippen molar-refractivity contribution in [3.8, 4) is 11.1 Å². The second-order valence-electron chi connectivity index (χ2n) is 10.4. The zero-order valence-electron chi connectivity index (χ0n) is 22.2. The van der Waals surface area contributed by atoms with E-state index in [0.29, 0.717) is 12.3 Å². The molecule has 3 nitrogen and oxygen atoms in total.